The molecule has 0 saturated carbocycles. The first-order valence-electron chi connectivity index (χ1n) is 7.48. The minimum absolute atomic E-state index is 0.0269. The molecule has 2 unspecified atom stereocenters. The maximum absolute atomic E-state index is 12.5. The highest BCUT2D eigenvalue weighted by Gasteiger charge is 2.31. The fourth-order valence-corrected chi connectivity index (χ4v) is 2.78. The predicted octanol–water partition coefficient (Wildman–Crippen LogP) is -0.166. The Bertz CT molecular complexity index is 362. The molecule has 2 heterocycles. The average Bonchev–Trinajstić information content (AvgIpc) is 2.53. The Labute approximate surface area is 120 Å². The van der Waals surface area contributed by atoms with Crippen molar-refractivity contribution < 1.29 is 14.3 Å². The van der Waals surface area contributed by atoms with Crippen LogP contribution in [0.15, 0.2) is 0 Å². The number of morpholine rings is 1. The third kappa shape index (κ3) is 3.93. The van der Waals surface area contributed by atoms with Crippen LogP contribution in [0.2, 0.25) is 0 Å². The summed E-state index contributed by atoms with van der Waals surface area (Å²) in [5, 5.41) is 2.82. The lowest BCUT2D eigenvalue weighted by Crippen LogP contribution is -2.50. The maximum atomic E-state index is 12.5. The summed E-state index contributed by atoms with van der Waals surface area (Å²) < 4.78 is 5.72. The average molecular weight is 283 g/mol. The molecule has 6 heteroatoms. The highest BCUT2D eigenvalue weighted by atomic mass is 16.5. The third-order valence-electron chi connectivity index (χ3n) is 3.90. The summed E-state index contributed by atoms with van der Waals surface area (Å²) in [4.78, 5) is 28.2. The number of hydrogen-bond donors (Lipinski definition) is 1. The van der Waals surface area contributed by atoms with Crippen molar-refractivity contribution in [2.24, 2.45) is 0 Å². The number of nitrogens with one attached hydrogen (secondary N) is 1. The van der Waals surface area contributed by atoms with Crippen molar-refractivity contribution in [3.05, 3.63) is 0 Å². The van der Waals surface area contributed by atoms with Crippen molar-refractivity contribution in [2.75, 3.05) is 39.8 Å². The van der Waals surface area contributed by atoms with Gasteiger partial charge in [0.1, 0.15) is 6.04 Å². The highest BCUT2D eigenvalue weighted by Crippen LogP contribution is 2.12. The van der Waals surface area contributed by atoms with Gasteiger partial charge in [-0.25, -0.2) is 0 Å². The van der Waals surface area contributed by atoms with Gasteiger partial charge in [0.2, 0.25) is 11.8 Å². The molecular formula is C14H25N3O3. The molecule has 2 fully saturated rings. The molecule has 2 amide bonds. The normalized spacial score (nSPS) is 29.2. The molecule has 0 spiro atoms. The Morgan fingerprint density at radius 1 is 1.35 bits per heavy atom. The van der Waals surface area contributed by atoms with Crippen LogP contribution < -0.4 is 5.32 Å². The van der Waals surface area contributed by atoms with E-state index in [1.807, 2.05) is 6.92 Å². The van der Waals surface area contributed by atoms with Gasteiger partial charge in [-0.15, -0.1) is 0 Å². The van der Waals surface area contributed by atoms with Gasteiger partial charge in [0.05, 0.1) is 12.7 Å². The third-order valence-corrected chi connectivity index (χ3v) is 3.90. The van der Waals surface area contributed by atoms with E-state index < -0.39 is 0 Å². The van der Waals surface area contributed by atoms with Crippen molar-refractivity contribution in [1.29, 1.82) is 0 Å². The largest absolute Gasteiger partial charge is 0.374 e. The summed E-state index contributed by atoms with van der Waals surface area (Å²) in [7, 11) is 2.06. The molecule has 2 saturated heterocycles. The Morgan fingerprint density at radius 2 is 2.15 bits per heavy atom. The molecule has 0 aliphatic carbocycles. The van der Waals surface area contributed by atoms with Crippen LogP contribution in [0.25, 0.3) is 0 Å². The monoisotopic (exact) mass is 283 g/mol. The van der Waals surface area contributed by atoms with Gasteiger partial charge in [-0.1, -0.05) is 13.3 Å². The van der Waals surface area contributed by atoms with Gasteiger partial charge in [-0.05, 0) is 13.5 Å². The lowest BCUT2D eigenvalue weighted by Gasteiger charge is -2.34. The summed E-state index contributed by atoms with van der Waals surface area (Å²) in [5.74, 6) is 0.00973. The number of amides is 2. The molecule has 0 aromatic heterocycles. The number of nitrogens with zero attached hydrogens (tertiary/aromatic N) is 2. The number of ether oxygens (including phenoxy) is 1. The van der Waals surface area contributed by atoms with Gasteiger partial charge >= 0.3 is 0 Å². The quantitative estimate of drug-likeness (QED) is 0.778. The van der Waals surface area contributed by atoms with Crippen LogP contribution in [-0.2, 0) is 14.3 Å². The van der Waals surface area contributed by atoms with E-state index in [2.05, 4.69) is 17.3 Å². The number of carbonyl (C=O) groups is 2. The minimum atomic E-state index is -0.365. The predicted molar refractivity (Wildman–Crippen MR) is 75.3 cm³/mol. The summed E-state index contributed by atoms with van der Waals surface area (Å²) in [5.41, 5.74) is 0. The van der Waals surface area contributed by atoms with Gasteiger partial charge in [0.15, 0.2) is 0 Å². The topological polar surface area (TPSA) is 61.9 Å². The van der Waals surface area contributed by atoms with Crippen LogP contribution in [0, 0.1) is 0 Å². The minimum Gasteiger partial charge on any atom is -0.374 e. The number of hydrogen-bond acceptors (Lipinski definition) is 4. The fraction of sp³-hybridized carbons (Fsp3) is 0.857. The zero-order valence-electron chi connectivity index (χ0n) is 12.4. The first-order valence-corrected chi connectivity index (χ1v) is 7.48. The van der Waals surface area contributed by atoms with E-state index in [0.29, 0.717) is 32.5 Å². The molecule has 20 heavy (non-hydrogen) atoms. The smallest absolute Gasteiger partial charge is 0.245 e. The molecule has 6 nitrogen and oxygen atoms in total. The van der Waals surface area contributed by atoms with Crippen molar-refractivity contribution >= 4 is 11.8 Å². The van der Waals surface area contributed by atoms with Crippen LogP contribution in [-0.4, -0.2) is 73.6 Å². The summed E-state index contributed by atoms with van der Waals surface area (Å²) in [6.07, 6.45) is 2.02. The molecule has 2 aliphatic rings. The van der Waals surface area contributed by atoms with E-state index in [1.165, 1.54) is 0 Å². The first-order chi connectivity index (χ1) is 9.60. The number of likely N-dealkylation sites (N-methyl/N-ethyl adjacent to an activating group) is 1. The zero-order valence-corrected chi connectivity index (χ0v) is 12.4. The van der Waals surface area contributed by atoms with Crippen LogP contribution in [0.4, 0.5) is 0 Å². The Kier molecular flexibility index (Phi) is 5.37. The Balaban J connectivity index is 1.97. The molecule has 0 bridgehead atoms. The van der Waals surface area contributed by atoms with E-state index in [9.17, 15) is 9.59 Å². The molecule has 0 aromatic rings. The first kappa shape index (κ1) is 15.3. The molecule has 1 N–H and O–H groups in total. The second kappa shape index (κ2) is 7.04. The van der Waals surface area contributed by atoms with E-state index in [0.717, 1.165) is 19.5 Å². The SMILES string of the molecule is CCCC1NC(=O)CCN(CC2CN(C)CCO2)C1=O. The summed E-state index contributed by atoms with van der Waals surface area (Å²) >= 11 is 0. The lowest BCUT2D eigenvalue weighted by atomic mass is 10.1. The van der Waals surface area contributed by atoms with E-state index in [4.69, 9.17) is 4.74 Å². The van der Waals surface area contributed by atoms with Gasteiger partial charge in [0, 0.05) is 32.6 Å². The van der Waals surface area contributed by atoms with Crippen LogP contribution in [0.3, 0.4) is 0 Å². The van der Waals surface area contributed by atoms with Crippen molar-refractivity contribution in [3.63, 3.8) is 0 Å². The van der Waals surface area contributed by atoms with Crippen molar-refractivity contribution in [1.82, 2.24) is 15.1 Å². The Hall–Kier alpha value is -1.14. The second-order valence-corrected chi connectivity index (χ2v) is 5.70. The van der Waals surface area contributed by atoms with Crippen molar-refractivity contribution in [2.45, 2.75) is 38.3 Å². The van der Waals surface area contributed by atoms with Crippen LogP contribution in [0.5, 0.6) is 0 Å². The molecule has 2 atom stereocenters. The van der Waals surface area contributed by atoms with Gasteiger partial charge < -0.3 is 19.9 Å². The summed E-state index contributed by atoms with van der Waals surface area (Å²) in [6.45, 7) is 5.58. The van der Waals surface area contributed by atoms with Gasteiger partial charge in [-0.2, -0.15) is 0 Å². The number of rotatable bonds is 4. The van der Waals surface area contributed by atoms with Gasteiger partial charge in [0.25, 0.3) is 0 Å². The second-order valence-electron chi connectivity index (χ2n) is 5.70. The van der Waals surface area contributed by atoms with E-state index in [1.54, 1.807) is 4.90 Å². The number of carbonyl (C=O) groups excluding carboxylic acids is 2. The molecule has 2 rings (SSSR count). The molecular weight excluding hydrogens is 258 g/mol. The van der Waals surface area contributed by atoms with Crippen LogP contribution >= 0.6 is 0 Å². The maximum Gasteiger partial charge on any atom is 0.245 e. The van der Waals surface area contributed by atoms with Crippen molar-refractivity contribution in [3.8, 4) is 0 Å². The standard InChI is InChI=1S/C14H25N3O3/c1-3-4-12-14(19)17(6-5-13(18)15-12)10-11-9-16(2)7-8-20-11/h11-12H,3-10H2,1-2H3,(H,15,18). The van der Waals surface area contributed by atoms with Crippen LogP contribution in [0.1, 0.15) is 26.2 Å². The Morgan fingerprint density at radius 3 is 2.85 bits per heavy atom. The molecule has 2 aliphatic heterocycles. The molecule has 0 radical (unpaired) electrons. The molecule has 114 valence electrons. The fourth-order valence-electron chi connectivity index (χ4n) is 2.78. The van der Waals surface area contributed by atoms with Gasteiger partial charge in [-0.3, -0.25) is 9.59 Å². The lowest BCUT2D eigenvalue weighted by molar-refractivity contribution is -0.136. The highest BCUT2D eigenvalue weighted by molar-refractivity contribution is 5.89. The molecule has 0 aromatic carbocycles. The zero-order chi connectivity index (χ0) is 14.5. The van der Waals surface area contributed by atoms with E-state index >= 15 is 0 Å². The summed E-state index contributed by atoms with van der Waals surface area (Å²) in [6, 6.07) is -0.365. The van der Waals surface area contributed by atoms with E-state index in [-0.39, 0.29) is 24.0 Å².